The summed E-state index contributed by atoms with van der Waals surface area (Å²) in [5, 5.41) is 4.96. The zero-order valence-electron chi connectivity index (χ0n) is 23.5. The Labute approximate surface area is 242 Å². The SMILES string of the molecule is CCCCOc1ccc(-c2nn(-c3ccccc3)cc2/C=C2\SC(=S)N(CC(CC)CCCC)C2=O)cc1C. The van der Waals surface area contributed by atoms with Crippen LogP contribution in [-0.4, -0.2) is 38.1 Å². The lowest BCUT2D eigenvalue weighted by Gasteiger charge is -2.21. The van der Waals surface area contributed by atoms with Crippen LogP contribution < -0.4 is 4.74 Å². The van der Waals surface area contributed by atoms with Gasteiger partial charge in [0.2, 0.25) is 0 Å². The highest BCUT2D eigenvalue weighted by molar-refractivity contribution is 8.26. The van der Waals surface area contributed by atoms with E-state index in [1.165, 1.54) is 18.2 Å². The molecule has 7 heteroatoms. The Hall–Kier alpha value is -2.90. The number of carbonyl (C=O) groups excluding carboxylic acids is 1. The van der Waals surface area contributed by atoms with Gasteiger partial charge in [0.25, 0.3) is 5.91 Å². The zero-order valence-corrected chi connectivity index (χ0v) is 25.1. The Morgan fingerprint density at radius 1 is 1.08 bits per heavy atom. The third kappa shape index (κ3) is 7.20. The number of rotatable bonds is 13. The van der Waals surface area contributed by atoms with Gasteiger partial charge in [-0.1, -0.05) is 88.6 Å². The summed E-state index contributed by atoms with van der Waals surface area (Å²) in [6, 6.07) is 16.2. The molecule has 39 heavy (non-hydrogen) atoms. The summed E-state index contributed by atoms with van der Waals surface area (Å²) in [4.78, 5) is 15.9. The first kappa shape index (κ1) is 29.1. The first-order chi connectivity index (χ1) is 18.9. The highest BCUT2D eigenvalue weighted by Gasteiger charge is 2.33. The van der Waals surface area contributed by atoms with Gasteiger partial charge >= 0.3 is 0 Å². The van der Waals surface area contributed by atoms with Crippen LogP contribution >= 0.6 is 24.0 Å². The average Bonchev–Trinajstić information content (AvgIpc) is 3.48. The lowest BCUT2D eigenvalue weighted by atomic mass is 9.99. The number of thiocarbonyl (C=S) groups is 1. The molecule has 3 aromatic rings. The molecule has 0 N–H and O–H groups in total. The largest absolute Gasteiger partial charge is 0.493 e. The van der Waals surface area contributed by atoms with Crippen molar-refractivity contribution in [3.63, 3.8) is 0 Å². The molecule has 0 saturated carbocycles. The molecule has 2 heterocycles. The van der Waals surface area contributed by atoms with Crippen LogP contribution in [0, 0.1) is 12.8 Å². The van der Waals surface area contributed by atoms with Crippen LogP contribution in [0.1, 0.15) is 70.4 Å². The van der Waals surface area contributed by atoms with Gasteiger partial charge in [-0.3, -0.25) is 9.69 Å². The summed E-state index contributed by atoms with van der Waals surface area (Å²) in [5.74, 6) is 1.35. The lowest BCUT2D eigenvalue weighted by Crippen LogP contribution is -2.33. The molecule has 1 unspecified atom stereocenters. The molecule has 1 saturated heterocycles. The van der Waals surface area contributed by atoms with E-state index in [2.05, 4.69) is 33.8 Å². The Balaban J connectivity index is 1.67. The van der Waals surface area contributed by atoms with Crippen molar-refractivity contribution in [2.45, 2.75) is 66.2 Å². The molecule has 206 valence electrons. The molecule has 0 aliphatic carbocycles. The Morgan fingerprint density at radius 3 is 2.54 bits per heavy atom. The first-order valence-corrected chi connectivity index (χ1v) is 15.3. The van der Waals surface area contributed by atoms with Gasteiger partial charge in [-0.05, 0) is 67.7 Å². The van der Waals surface area contributed by atoms with Gasteiger partial charge in [-0.2, -0.15) is 5.10 Å². The van der Waals surface area contributed by atoms with Gasteiger partial charge in [0.1, 0.15) is 15.8 Å². The third-order valence-electron chi connectivity index (χ3n) is 7.11. The number of unbranched alkanes of at least 4 members (excludes halogenated alkanes) is 2. The molecule has 0 spiro atoms. The van der Waals surface area contributed by atoms with E-state index in [0.29, 0.717) is 28.3 Å². The minimum atomic E-state index is -0.00536. The monoisotopic (exact) mass is 561 g/mol. The average molecular weight is 562 g/mol. The van der Waals surface area contributed by atoms with E-state index < -0.39 is 0 Å². The number of hydrogen-bond acceptors (Lipinski definition) is 5. The van der Waals surface area contributed by atoms with Crippen molar-refractivity contribution in [2.24, 2.45) is 5.92 Å². The summed E-state index contributed by atoms with van der Waals surface area (Å²) in [6.45, 7) is 10.0. The van der Waals surface area contributed by atoms with Crippen molar-refractivity contribution >= 4 is 40.3 Å². The van der Waals surface area contributed by atoms with Crippen molar-refractivity contribution in [1.29, 1.82) is 0 Å². The standard InChI is InChI=1S/C32H39N3O2S2/c1-5-8-13-24(7-3)21-34-31(36)29(39-32(34)38)20-26-22-35(27-14-11-10-12-15-27)33-30(26)25-16-17-28(23(4)19-25)37-18-9-6-2/h10-12,14-17,19-20,22,24H,5-9,13,18,21H2,1-4H3/b29-20-. The molecule has 1 aromatic heterocycles. The second kappa shape index (κ2) is 13.9. The van der Waals surface area contributed by atoms with Gasteiger partial charge in [0.15, 0.2) is 0 Å². The topological polar surface area (TPSA) is 47.4 Å². The molecule has 0 radical (unpaired) electrons. The van der Waals surface area contributed by atoms with E-state index in [-0.39, 0.29) is 5.91 Å². The highest BCUT2D eigenvalue weighted by Crippen LogP contribution is 2.36. The molecule has 1 aliphatic rings. The second-order valence-corrected chi connectivity index (χ2v) is 11.8. The zero-order chi connectivity index (χ0) is 27.8. The number of benzene rings is 2. The normalized spacial score (nSPS) is 15.4. The van der Waals surface area contributed by atoms with Gasteiger partial charge in [0.05, 0.1) is 17.2 Å². The molecule has 1 atom stereocenters. The van der Waals surface area contributed by atoms with Gasteiger partial charge in [0, 0.05) is 23.9 Å². The van der Waals surface area contributed by atoms with Crippen LogP contribution in [0.4, 0.5) is 0 Å². The number of carbonyl (C=O) groups is 1. The molecule has 0 bridgehead atoms. The van der Waals surface area contributed by atoms with E-state index in [0.717, 1.165) is 65.9 Å². The summed E-state index contributed by atoms with van der Waals surface area (Å²) in [6.07, 6.45) is 10.6. The summed E-state index contributed by atoms with van der Waals surface area (Å²) >= 11 is 7.06. The quantitative estimate of drug-likeness (QED) is 0.119. The Morgan fingerprint density at radius 2 is 1.85 bits per heavy atom. The fourth-order valence-corrected chi connectivity index (χ4v) is 5.96. The van der Waals surface area contributed by atoms with Crippen molar-refractivity contribution in [3.8, 4) is 22.7 Å². The van der Waals surface area contributed by atoms with Crippen LogP contribution in [0.5, 0.6) is 5.75 Å². The predicted octanol–water partition coefficient (Wildman–Crippen LogP) is 8.44. The molecule has 4 rings (SSSR count). The molecule has 5 nitrogen and oxygen atoms in total. The Bertz CT molecular complexity index is 1320. The number of amides is 1. The summed E-state index contributed by atoms with van der Waals surface area (Å²) in [5.41, 5.74) is 4.72. The van der Waals surface area contributed by atoms with Crippen molar-refractivity contribution < 1.29 is 9.53 Å². The maximum Gasteiger partial charge on any atom is 0.266 e. The van der Waals surface area contributed by atoms with Gasteiger partial charge in [-0.25, -0.2) is 4.68 Å². The number of para-hydroxylation sites is 1. The minimum Gasteiger partial charge on any atom is -0.493 e. The number of ether oxygens (including phenoxy) is 1. The van der Waals surface area contributed by atoms with Crippen molar-refractivity contribution in [1.82, 2.24) is 14.7 Å². The minimum absolute atomic E-state index is 0.00536. The van der Waals surface area contributed by atoms with Crippen LogP contribution in [0.3, 0.4) is 0 Å². The van der Waals surface area contributed by atoms with Gasteiger partial charge < -0.3 is 4.74 Å². The molecule has 1 amide bonds. The number of hydrogen-bond donors (Lipinski definition) is 0. The fourth-order valence-electron chi connectivity index (χ4n) is 4.69. The van der Waals surface area contributed by atoms with Crippen LogP contribution in [0.15, 0.2) is 59.6 Å². The van der Waals surface area contributed by atoms with E-state index in [9.17, 15) is 4.79 Å². The first-order valence-electron chi connectivity index (χ1n) is 14.1. The smallest absolute Gasteiger partial charge is 0.266 e. The second-order valence-electron chi connectivity index (χ2n) is 10.1. The van der Waals surface area contributed by atoms with E-state index in [4.69, 9.17) is 22.1 Å². The molecule has 2 aromatic carbocycles. The molecular formula is C32H39N3O2S2. The van der Waals surface area contributed by atoms with Crippen LogP contribution in [0.25, 0.3) is 23.0 Å². The molecule has 1 fully saturated rings. The fraction of sp³-hybridized carbons (Fsp3) is 0.406. The third-order valence-corrected chi connectivity index (χ3v) is 8.49. The summed E-state index contributed by atoms with van der Waals surface area (Å²) < 4.78 is 8.50. The summed E-state index contributed by atoms with van der Waals surface area (Å²) in [7, 11) is 0. The maximum atomic E-state index is 13.5. The number of aryl methyl sites for hydroxylation is 1. The molecular weight excluding hydrogens is 523 g/mol. The Kier molecular flexibility index (Phi) is 10.4. The van der Waals surface area contributed by atoms with Crippen molar-refractivity contribution in [3.05, 3.63) is 70.8 Å². The highest BCUT2D eigenvalue weighted by atomic mass is 32.2. The van der Waals surface area contributed by atoms with E-state index in [1.807, 2.05) is 59.4 Å². The molecule has 1 aliphatic heterocycles. The number of aromatic nitrogens is 2. The lowest BCUT2D eigenvalue weighted by molar-refractivity contribution is -0.122. The number of nitrogens with zero attached hydrogens (tertiary/aromatic N) is 3. The van der Waals surface area contributed by atoms with Crippen LogP contribution in [-0.2, 0) is 4.79 Å². The number of thioether (sulfide) groups is 1. The van der Waals surface area contributed by atoms with E-state index >= 15 is 0 Å². The van der Waals surface area contributed by atoms with Crippen LogP contribution in [0.2, 0.25) is 0 Å². The maximum absolute atomic E-state index is 13.5. The van der Waals surface area contributed by atoms with Gasteiger partial charge in [-0.15, -0.1) is 0 Å². The predicted molar refractivity (Wildman–Crippen MR) is 167 cm³/mol. The van der Waals surface area contributed by atoms with Crippen molar-refractivity contribution in [2.75, 3.05) is 13.2 Å². The van der Waals surface area contributed by atoms with E-state index in [1.54, 1.807) is 4.90 Å².